The van der Waals surface area contributed by atoms with Gasteiger partial charge in [-0.2, -0.15) is 0 Å². The maximum absolute atomic E-state index is 11.9. The third-order valence-corrected chi connectivity index (χ3v) is 2.70. The van der Waals surface area contributed by atoms with Crippen LogP contribution < -0.4 is 10.6 Å². The van der Waals surface area contributed by atoms with Crippen molar-refractivity contribution in [1.82, 2.24) is 15.6 Å². The van der Waals surface area contributed by atoms with Crippen molar-refractivity contribution in [2.75, 3.05) is 0 Å². The first-order valence-electron chi connectivity index (χ1n) is 5.63. The van der Waals surface area contributed by atoms with Crippen LogP contribution in [0, 0.1) is 6.92 Å². The summed E-state index contributed by atoms with van der Waals surface area (Å²) < 4.78 is 0. The van der Waals surface area contributed by atoms with Crippen molar-refractivity contribution in [2.45, 2.75) is 25.8 Å². The average Bonchev–Trinajstić information content (AvgIpc) is 2.32. The normalized spacial score (nSPS) is 19.3. The molecule has 0 radical (unpaired) electrons. The highest BCUT2D eigenvalue weighted by molar-refractivity contribution is 6.03. The van der Waals surface area contributed by atoms with Crippen LogP contribution in [0.2, 0.25) is 0 Å². The van der Waals surface area contributed by atoms with E-state index < -0.39 is 11.9 Å². The monoisotopic (exact) mass is 247 g/mol. The Morgan fingerprint density at radius 1 is 1.50 bits per heavy atom. The molecule has 0 spiro atoms. The molecule has 2 N–H and O–H groups in total. The summed E-state index contributed by atoms with van der Waals surface area (Å²) in [6.45, 7) is 1.78. The van der Waals surface area contributed by atoms with E-state index in [0.29, 0.717) is 12.0 Å². The van der Waals surface area contributed by atoms with Crippen molar-refractivity contribution in [1.29, 1.82) is 0 Å². The highest BCUT2D eigenvalue weighted by Crippen LogP contribution is 2.07. The van der Waals surface area contributed by atoms with E-state index in [0.717, 1.165) is 5.69 Å². The fraction of sp³-hybridized carbons (Fsp3) is 0.333. The number of rotatable bonds is 2. The van der Waals surface area contributed by atoms with Gasteiger partial charge in [-0.05, 0) is 25.5 Å². The Balaban J connectivity index is 2.03. The van der Waals surface area contributed by atoms with Gasteiger partial charge >= 0.3 is 0 Å². The lowest BCUT2D eigenvalue weighted by molar-refractivity contribution is -0.134. The van der Waals surface area contributed by atoms with Crippen LogP contribution in [0.3, 0.4) is 0 Å². The summed E-state index contributed by atoms with van der Waals surface area (Å²) in [5, 5.41) is 4.79. The second kappa shape index (κ2) is 4.95. The zero-order valence-electron chi connectivity index (χ0n) is 9.90. The number of piperidine rings is 1. The largest absolute Gasteiger partial charge is 0.340 e. The fourth-order valence-electron chi connectivity index (χ4n) is 1.76. The Morgan fingerprint density at radius 2 is 2.28 bits per heavy atom. The van der Waals surface area contributed by atoms with E-state index in [9.17, 15) is 14.4 Å². The lowest BCUT2D eigenvalue weighted by atomic mass is 10.1. The van der Waals surface area contributed by atoms with Crippen LogP contribution in [0.25, 0.3) is 0 Å². The molecule has 1 saturated heterocycles. The summed E-state index contributed by atoms with van der Waals surface area (Å²) in [6.07, 6.45) is 2.11. The molecule has 3 amide bonds. The number of amides is 3. The van der Waals surface area contributed by atoms with Gasteiger partial charge in [-0.1, -0.05) is 0 Å². The predicted octanol–water partition coefficient (Wildman–Crippen LogP) is -0.0750. The van der Waals surface area contributed by atoms with Crippen molar-refractivity contribution in [3.8, 4) is 0 Å². The summed E-state index contributed by atoms with van der Waals surface area (Å²) in [7, 11) is 0. The number of nitrogens with zero attached hydrogens (tertiary/aromatic N) is 1. The van der Waals surface area contributed by atoms with Crippen LogP contribution in [0.5, 0.6) is 0 Å². The second-order valence-electron chi connectivity index (χ2n) is 4.16. The molecule has 18 heavy (non-hydrogen) atoms. The zero-order valence-corrected chi connectivity index (χ0v) is 9.90. The minimum atomic E-state index is -0.649. The van der Waals surface area contributed by atoms with Gasteiger partial charge in [0.1, 0.15) is 6.04 Å². The molecule has 0 aliphatic carbocycles. The van der Waals surface area contributed by atoms with Gasteiger partial charge in [-0.3, -0.25) is 24.7 Å². The molecule has 2 heterocycles. The van der Waals surface area contributed by atoms with Crippen LogP contribution in [0.4, 0.5) is 0 Å². The number of aryl methyl sites for hydroxylation is 1. The Morgan fingerprint density at radius 3 is 2.94 bits per heavy atom. The van der Waals surface area contributed by atoms with E-state index in [4.69, 9.17) is 0 Å². The number of carbonyl (C=O) groups is 3. The Bertz CT molecular complexity index is 513. The van der Waals surface area contributed by atoms with Crippen LogP contribution in [0.15, 0.2) is 18.3 Å². The van der Waals surface area contributed by atoms with Crippen LogP contribution in [0.1, 0.15) is 28.9 Å². The second-order valence-corrected chi connectivity index (χ2v) is 4.16. The molecule has 1 aliphatic heterocycles. The third-order valence-electron chi connectivity index (χ3n) is 2.70. The summed E-state index contributed by atoms with van der Waals surface area (Å²) in [6, 6.07) is 2.57. The van der Waals surface area contributed by atoms with Gasteiger partial charge in [-0.25, -0.2) is 0 Å². The van der Waals surface area contributed by atoms with Gasteiger partial charge in [-0.15, -0.1) is 0 Å². The summed E-state index contributed by atoms with van der Waals surface area (Å²) in [4.78, 5) is 38.3. The fourth-order valence-corrected chi connectivity index (χ4v) is 1.76. The molecular formula is C12H13N3O3. The van der Waals surface area contributed by atoms with Crippen molar-refractivity contribution in [3.63, 3.8) is 0 Å². The Labute approximate surface area is 104 Å². The number of hydrogen-bond acceptors (Lipinski definition) is 4. The van der Waals surface area contributed by atoms with Crippen molar-refractivity contribution >= 4 is 17.7 Å². The number of nitrogens with one attached hydrogen (secondary N) is 2. The van der Waals surface area contributed by atoms with Gasteiger partial charge in [0.25, 0.3) is 5.91 Å². The minimum absolute atomic E-state index is 0.242. The lowest BCUT2D eigenvalue weighted by Gasteiger charge is -2.21. The van der Waals surface area contributed by atoms with Gasteiger partial charge < -0.3 is 5.32 Å². The smallest absolute Gasteiger partial charge is 0.252 e. The lowest BCUT2D eigenvalue weighted by Crippen LogP contribution is -2.52. The SMILES string of the molecule is Cc1cc(C(=O)NC2CCC(=O)NC2=O)ccn1. The van der Waals surface area contributed by atoms with Crippen molar-refractivity contribution in [3.05, 3.63) is 29.6 Å². The first-order valence-corrected chi connectivity index (χ1v) is 5.63. The molecule has 1 fully saturated rings. The quantitative estimate of drug-likeness (QED) is 0.716. The topological polar surface area (TPSA) is 88.2 Å². The molecule has 1 unspecified atom stereocenters. The van der Waals surface area contributed by atoms with Crippen molar-refractivity contribution < 1.29 is 14.4 Å². The average molecular weight is 247 g/mol. The highest BCUT2D eigenvalue weighted by atomic mass is 16.2. The Hall–Kier alpha value is -2.24. The molecule has 1 aromatic rings. The van der Waals surface area contributed by atoms with Crippen LogP contribution in [-0.4, -0.2) is 28.7 Å². The van der Waals surface area contributed by atoms with E-state index >= 15 is 0 Å². The van der Waals surface area contributed by atoms with E-state index in [-0.39, 0.29) is 18.2 Å². The first kappa shape index (κ1) is 12.2. The summed E-state index contributed by atoms with van der Waals surface area (Å²) in [5.74, 6) is -1.09. The van der Waals surface area contributed by atoms with E-state index in [2.05, 4.69) is 15.6 Å². The minimum Gasteiger partial charge on any atom is -0.340 e. The molecule has 6 nitrogen and oxygen atoms in total. The maximum Gasteiger partial charge on any atom is 0.252 e. The van der Waals surface area contributed by atoms with E-state index in [1.807, 2.05) is 0 Å². The molecule has 0 bridgehead atoms. The molecule has 6 heteroatoms. The molecule has 2 rings (SSSR count). The molecule has 1 aromatic heterocycles. The molecule has 0 saturated carbocycles. The number of carbonyl (C=O) groups excluding carboxylic acids is 3. The predicted molar refractivity (Wildman–Crippen MR) is 62.6 cm³/mol. The van der Waals surface area contributed by atoms with Gasteiger partial charge in [0.15, 0.2) is 0 Å². The van der Waals surface area contributed by atoms with Crippen LogP contribution in [-0.2, 0) is 9.59 Å². The maximum atomic E-state index is 11.9. The highest BCUT2D eigenvalue weighted by Gasteiger charge is 2.27. The van der Waals surface area contributed by atoms with Gasteiger partial charge in [0, 0.05) is 23.9 Å². The van der Waals surface area contributed by atoms with Crippen LogP contribution >= 0.6 is 0 Å². The van der Waals surface area contributed by atoms with E-state index in [1.165, 1.54) is 6.20 Å². The van der Waals surface area contributed by atoms with E-state index in [1.54, 1.807) is 19.1 Å². The number of pyridine rings is 1. The molecule has 0 aromatic carbocycles. The Kier molecular flexibility index (Phi) is 3.36. The number of aromatic nitrogens is 1. The number of imide groups is 1. The first-order chi connectivity index (χ1) is 8.56. The molecule has 1 atom stereocenters. The number of hydrogen-bond donors (Lipinski definition) is 2. The van der Waals surface area contributed by atoms with Crippen molar-refractivity contribution in [2.24, 2.45) is 0 Å². The van der Waals surface area contributed by atoms with Gasteiger partial charge in [0.05, 0.1) is 0 Å². The summed E-state index contributed by atoms with van der Waals surface area (Å²) in [5.41, 5.74) is 1.18. The summed E-state index contributed by atoms with van der Waals surface area (Å²) >= 11 is 0. The van der Waals surface area contributed by atoms with Gasteiger partial charge in [0.2, 0.25) is 11.8 Å². The standard InChI is InChI=1S/C12H13N3O3/c1-7-6-8(4-5-13-7)11(17)14-9-2-3-10(16)15-12(9)18/h4-6,9H,2-3H2,1H3,(H,14,17)(H,15,16,18). The third kappa shape index (κ3) is 2.71. The molecule has 1 aliphatic rings. The zero-order chi connectivity index (χ0) is 13.1. The molecule has 94 valence electrons. The molecular weight excluding hydrogens is 234 g/mol.